The zero-order valence-corrected chi connectivity index (χ0v) is 28.2. The number of aromatic amines is 3. The van der Waals surface area contributed by atoms with Crippen LogP contribution in [-0.4, -0.2) is 54.5 Å². The van der Waals surface area contributed by atoms with Crippen LogP contribution in [0.4, 0.5) is 0 Å². The van der Waals surface area contributed by atoms with Crippen molar-refractivity contribution in [3.63, 3.8) is 0 Å². The number of thioether (sulfide) groups is 1. The number of para-hydroxylation sites is 6. The minimum absolute atomic E-state index is 0.0209. The number of nitrogens with one attached hydrogen (secondary N) is 3. The monoisotopic (exact) mass is 697 g/mol. The number of esters is 2. The Balaban J connectivity index is 0.000000152. The molecule has 3 aromatic carbocycles. The summed E-state index contributed by atoms with van der Waals surface area (Å²) in [6.45, 7) is 4.15. The number of hydrogen-bond donors (Lipinski definition) is 3. The first-order chi connectivity index (χ1) is 23.3. The van der Waals surface area contributed by atoms with E-state index < -0.39 is 5.97 Å². The van der Waals surface area contributed by atoms with E-state index in [1.54, 1.807) is 41.0 Å². The maximum atomic E-state index is 11.6. The normalized spacial score (nSPS) is 10.4. The molecule has 4 aromatic heterocycles. The van der Waals surface area contributed by atoms with Crippen molar-refractivity contribution < 1.29 is 19.1 Å². The van der Waals surface area contributed by atoms with Crippen molar-refractivity contribution in [1.29, 1.82) is 0 Å². The molecule has 7 aromatic rings. The van der Waals surface area contributed by atoms with Gasteiger partial charge < -0.3 is 19.7 Å². The molecule has 0 aliphatic carbocycles. The van der Waals surface area contributed by atoms with Crippen molar-refractivity contribution in [2.75, 3.05) is 13.2 Å². The average molecular weight is 698 g/mol. The third-order valence-corrected chi connectivity index (χ3v) is 7.62. The van der Waals surface area contributed by atoms with E-state index in [0.29, 0.717) is 18.0 Å². The van der Waals surface area contributed by atoms with E-state index in [1.165, 1.54) is 29.2 Å². The quantitative estimate of drug-likeness (QED) is 0.0432. The van der Waals surface area contributed by atoms with Gasteiger partial charge in [0.25, 0.3) is 5.56 Å². The summed E-state index contributed by atoms with van der Waals surface area (Å²) in [6.07, 6.45) is 7.58. The molecule has 7 rings (SSSR count). The second-order valence-corrected chi connectivity index (χ2v) is 11.4. The molecule has 0 amide bonds. The predicted molar refractivity (Wildman–Crippen MR) is 192 cm³/mol. The number of carbonyl (C=O) groups is 2. The van der Waals surface area contributed by atoms with Crippen LogP contribution >= 0.6 is 35.3 Å². The van der Waals surface area contributed by atoms with Crippen LogP contribution in [0.1, 0.15) is 13.8 Å². The summed E-state index contributed by atoms with van der Waals surface area (Å²) >= 11 is 7.72. The number of fused-ring (bicyclic) bond motifs is 5. The molecule has 0 saturated heterocycles. The average Bonchev–Trinajstić information content (AvgIpc) is 3.80. The van der Waals surface area contributed by atoms with Gasteiger partial charge in [0.15, 0.2) is 14.9 Å². The number of nitrogens with zero attached hydrogens (tertiary/aromatic N) is 3. The number of imidazole rings is 3. The van der Waals surface area contributed by atoms with Crippen LogP contribution in [0.25, 0.3) is 38.1 Å². The van der Waals surface area contributed by atoms with Crippen LogP contribution in [-0.2, 0) is 19.1 Å². The third kappa shape index (κ3) is 10.1. The van der Waals surface area contributed by atoms with Gasteiger partial charge in [-0.3, -0.25) is 9.20 Å². The van der Waals surface area contributed by atoms with Gasteiger partial charge in [-0.05, 0) is 66.3 Å². The van der Waals surface area contributed by atoms with E-state index in [-0.39, 0.29) is 11.5 Å². The molecule has 0 spiro atoms. The van der Waals surface area contributed by atoms with Crippen molar-refractivity contribution in [1.82, 2.24) is 29.3 Å². The molecule has 4 heterocycles. The molecular formula is C34H29N6O5S3+. The van der Waals surface area contributed by atoms with Crippen LogP contribution < -0.4 is 5.56 Å². The van der Waals surface area contributed by atoms with Gasteiger partial charge >= 0.3 is 47.3 Å². The summed E-state index contributed by atoms with van der Waals surface area (Å²) in [5.41, 5.74) is 5.75. The number of ether oxygens (including phenoxy) is 2. The topological polar surface area (TPSA) is 147 Å². The number of hydrogen-bond acceptors (Lipinski definition) is 10. The van der Waals surface area contributed by atoms with E-state index in [2.05, 4.69) is 29.7 Å². The Bertz CT molecular complexity index is 2260. The SMILES string of the molecule is CCOC(=O)/C=C\Sc1nc2ccccc2[nH]1.O=c1ccsc2nc3ccccc3n12.S=c1[nH]c2ccccc2[nH]1.[C+]#CC(=O)OCC. The molecule has 11 nitrogen and oxygen atoms in total. The summed E-state index contributed by atoms with van der Waals surface area (Å²) in [4.78, 5) is 51.2. The molecule has 0 saturated carbocycles. The Morgan fingerprint density at radius 3 is 2.15 bits per heavy atom. The van der Waals surface area contributed by atoms with Crippen LogP contribution in [0.15, 0.2) is 106 Å². The fourth-order valence-electron chi connectivity index (χ4n) is 4.00. The first kappa shape index (κ1) is 35.6. The van der Waals surface area contributed by atoms with E-state index in [4.69, 9.17) is 23.4 Å². The second-order valence-electron chi connectivity index (χ2n) is 9.18. The minimum atomic E-state index is -0.706. The zero-order chi connectivity index (χ0) is 34.3. The molecule has 0 unspecified atom stereocenters. The number of carbonyl (C=O) groups excluding carboxylic acids is 2. The van der Waals surface area contributed by atoms with Gasteiger partial charge in [0, 0.05) is 12.1 Å². The molecule has 48 heavy (non-hydrogen) atoms. The van der Waals surface area contributed by atoms with Gasteiger partial charge in [0.2, 0.25) is 0 Å². The molecule has 0 fully saturated rings. The fourth-order valence-corrected chi connectivity index (χ4v) is 5.60. The molecule has 0 atom stereocenters. The number of aromatic nitrogens is 6. The van der Waals surface area contributed by atoms with Gasteiger partial charge in [-0.25, -0.2) is 14.8 Å². The molecule has 0 aliphatic heterocycles. The Hall–Kier alpha value is -5.27. The summed E-state index contributed by atoms with van der Waals surface area (Å²) in [6, 6.07) is 24.9. The second kappa shape index (κ2) is 18.2. The molecule has 0 radical (unpaired) electrons. The Labute approximate surface area is 288 Å². The molecular weight excluding hydrogens is 669 g/mol. The van der Waals surface area contributed by atoms with Gasteiger partial charge in [-0.1, -0.05) is 48.2 Å². The first-order valence-corrected chi connectivity index (χ1v) is 16.6. The summed E-state index contributed by atoms with van der Waals surface area (Å²) < 4.78 is 11.3. The fraction of sp³-hybridized carbons (Fsp3) is 0.118. The standard InChI is InChI=1S/C12H12N2O2S.C10H6N2OS.C7H6N2S.C5H5O2/c1-2-16-11(15)7-8-17-12-13-9-5-3-4-6-10(9)14-12;13-9-5-6-14-10-11-7-3-1-2-4-8(7)12(9)10;10-7-8-5-3-1-2-4-6(5)9-7;1-3-5(6)7-4-2/h3-8H,2H2,1H3,(H,13,14);1-6H;1-4H,(H2,8,9,10);4H2,2H3/q;;;+1/b8-7-;;;. The van der Waals surface area contributed by atoms with Crippen molar-refractivity contribution in [2.45, 2.75) is 19.0 Å². The molecule has 0 bridgehead atoms. The van der Waals surface area contributed by atoms with Gasteiger partial charge in [-0.15, -0.1) is 11.3 Å². The van der Waals surface area contributed by atoms with Crippen LogP contribution in [0.5, 0.6) is 0 Å². The van der Waals surface area contributed by atoms with E-state index in [0.717, 1.165) is 43.2 Å². The Kier molecular flexibility index (Phi) is 13.5. The zero-order valence-electron chi connectivity index (χ0n) is 25.8. The summed E-state index contributed by atoms with van der Waals surface area (Å²) in [5, 5.41) is 4.19. The van der Waals surface area contributed by atoms with Crippen LogP contribution in [0.2, 0.25) is 0 Å². The van der Waals surface area contributed by atoms with Crippen molar-refractivity contribution in [3.05, 3.63) is 117 Å². The Morgan fingerprint density at radius 1 is 0.896 bits per heavy atom. The van der Waals surface area contributed by atoms with Gasteiger partial charge in [0.05, 0.1) is 39.7 Å². The van der Waals surface area contributed by atoms with E-state index >= 15 is 0 Å². The predicted octanol–water partition coefficient (Wildman–Crippen LogP) is 7.01. The maximum absolute atomic E-state index is 11.6. The van der Waals surface area contributed by atoms with Crippen molar-refractivity contribution >= 4 is 85.3 Å². The van der Waals surface area contributed by atoms with Crippen LogP contribution in [0.3, 0.4) is 0 Å². The third-order valence-electron chi connectivity index (χ3n) is 5.97. The molecule has 14 heteroatoms. The molecule has 3 N–H and O–H groups in total. The summed E-state index contributed by atoms with van der Waals surface area (Å²) in [7, 11) is 0. The Morgan fingerprint density at radius 2 is 1.52 bits per heavy atom. The van der Waals surface area contributed by atoms with Gasteiger partial charge in [-0.2, -0.15) is 0 Å². The summed E-state index contributed by atoms with van der Waals surface area (Å²) in [5.74, 6) is 0.512. The van der Waals surface area contributed by atoms with Crippen molar-refractivity contribution in [3.8, 4) is 5.92 Å². The first-order valence-electron chi connectivity index (χ1n) is 14.4. The van der Waals surface area contributed by atoms with Gasteiger partial charge in [0.1, 0.15) is 0 Å². The van der Waals surface area contributed by atoms with E-state index in [9.17, 15) is 14.4 Å². The van der Waals surface area contributed by atoms with E-state index in [1.807, 2.05) is 72.8 Å². The van der Waals surface area contributed by atoms with Crippen LogP contribution in [0, 0.1) is 17.1 Å². The van der Waals surface area contributed by atoms with Crippen molar-refractivity contribution in [2.24, 2.45) is 0 Å². The number of benzene rings is 3. The number of H-pyrrole nitrogens is 3. The molecule has 242 valence electrons. The number of rotatable bonds is 5. The molecule has 0 aliphatic rings.